The van der Waals surface area contributed by atoms with Crippen LogP contribution in [0.25, 0.3) is 0 Å². The van der Waals surface area contributed by atoms with Gasteiger partial charge in [0.15, 0.2) is 0 Å². The van der Waals surface area contributed by atoms with E-state index >= 15 is 0 Å². The summed E-state index contributed by atoms with van der Waals surface area (Å²) in [5, 5.41) is 0. The molecule has 0 aliphatic heterocycles. The number of aromatic nitrogens is 2. The van der Waals surface area contributed by atoms with Crippen LogP contribution >= 0.6 is 0 Å². The van der Waals surface area contributed by atoms with Crippen LogP contribution in [0.15, 0.2) is 0 Å². The van der Waals surface area contributed by atoms with Gasteiger partial charge in [0.05, 0.1) is 11.3 Å². The van der Waals surface area contributed by atoms with E-state index in [0.29, 0.717) is 5.92 Å². The molecule has 1 aliphatic carbocycles. The van der Waals surface area contributed by atoms with Gasteiger partial charge in [0.1, 0.15) is 5.82 Å². The fourth-order valence-corrected chi connectivity index (χ4v) is 2.75. The highest BCUT2D eigenvalue weighted by Crippen LogP contribution is 2.33. The number of rotatable bonds is 3. The highest BCUT2D eigenvalue weighted by molar-refractivity contribution is 5.22. The van der Waals surface area contributed by atoms with Gasteiger partial charge in [-0.2, -0.15) is 0 Å². The van der Waals surface area contributed by atoms with E-state index in [1.807, 2.05) is 0 Å². The summed E-state index contributed by atoms with van der Waals surface area (Å²) in [6.07, 6.45) is 3.24. The van der Waals surface area contributed by atoms with Gasteiger partial charge in [-0.3, -0.25) is 0 Å². The Kier molecular flexibility index (Phi) is 3.30. The summed E-state index contributed by atoms with van der Waals surface area (Å²) < 4.78 is 5.46. The summed E-state index contributed by atoms with van der Waals surface area (Å²) in [4.78, 5) is 8.26. The molecule has 2 rings (SSSR count). The molecule has 0 amide bonds. The summed E-state index contributed by atoms with van der Waals surface area (Å²) in [5.74, 6) is 2.42. The lowest BCUT2D eigenvalue weighted by Gasteiger charge is -2.22. The summed E-state index contributed by atoms with van der Waals surface area (Å²) in [7, 11) is 1.76. The van der Waals surface area contributed by atoms with Crippen LogP contribution in [0.2, 0.25) is 0 Å². The van der Waals surface area contributed by atoms with Gasteiger partial charge in [-0.15, -0.1) is 0 Å². The zero-order valence-corrected chi connectivity index (χ0v) is 11.6. The maximum atomic E-state index is 5.46. The van der Waals surface area contributed by atoms with Gasteiger partial charge >= 0.3 is 0 Å². The second-order valence-corrected chi connectivity index (χ2v) is 6.13. The zero-order chi connectivity index (χ0) is 12.6. The van der Waals surface area contributed by atoms with E-state index in [1.54, 1.807) is 7.11 Å². The molecule has 1 aromatic heterocycles. The van der Waals surface area contributed by atoms with Crippen molar-refractivity contribution in [3.8, 4) is 0 Å². The summed E-state index contributed by atoms with van der Waals surface area (Å²) in [5.41, 5.74) is 2.48. The van der Waals surface area contributed by atoms with Crippen LogP contribution in [0.4, 0.5) is 0 Å². The molecule has 2 atom stereocenters. The molecular formula is C14H24N2O. The Morgan fingerprint density at radius 3 is 2.76 bits per heavy atom. The predicted octanol–water partition coefficient (Wildman–Crippen LogP) is 3.06. The lowest BCUT2D eigenvalue weighted by molar-refractivity contribution is 0.0217. The average Bonchev–Trinajstić information content (AvgIpc) is 2.59. The smallest absolute Gasteiger partial charge is 0.109 e. The third-order valence-corrected chi connectivity index (χ3v) is 3.78. The van der Waals surface area contributed by atoms with E-state index < -0.39 is 0 Å². The maximum Gasteiger partial charge on any atom is 0.109 e. The molecule has 0 saturated carbocycles. The van der Waals surface area contributed by atoms with Gasteiger partial charge in [-0.05, 0) is 32.6 Å². The van der Waals surface area contributed by atoms with Crippen molar-refractivity contribution >= 4 is 0 Å². The third-order valence-electron chi connectivity index (χ3n) is 3.78. The first-order valence-corrected chi connectivity index (χ1v) is 6.54. The van der Waals surface area contributed by atoms with Crippen molar-refractivity contribution in [2.24, 2.45) is 5.92 Å². The molecule has 3 nitrogen and oxygen atoms in total. The molecule has 2 unspecified atom stereocenters. The number of nitrogens with one attached hydrogen (secondary N) is 1. The van der Waals surface area contributed by atoms with E-state index in [2.05, 4.69) is 32.7 Å². The number of methoxy groups -OCH3 is 1. The fourth-order valence-electron chi connectivity index (χ4n) is 2.75. The van der Waals surface area contributed by atoms with E-state index in [-0.39, 0.29) is 5.60 Å². The molecule has 0 saturated heterocycles. The first-order valence-electron chi connectivity index (χ1n) is 6.54. The minimum absolute atomic E-state index is 0.144. The maximum absolute atomic E-state index is 5.46. The van der Waals surface area contributed by atoms with Crippen LogP contribution in [0, 0.1) is 5.92 Å². The summed E-state index contributed by atoms with van der Waals surface area (Å²) in [6.45, 7) is 8.79. The molecule has 0 fully saturated rings. The van der Waals surface area contributed by atoms with Gasteiger partial charge in [0.25, 0.3) is 0 Å². The second-order valence-electron chi connectivity index (χ2n) is 6.13. The lowest BCUT2D eigenvalue weighted by atomic mass is 9.84. The molecule has 0 radical (unpaired) electrons. The molecule has 1 aromatic rings. The minimum atomic E-state index is -0.144. The zero-order valence-electron chi connectivity index (χ0n) is 11.6. The van der Waals surface area contributed by atoms with E-state index in [4.69, 9.17) is 9.72 Å². The Balaban J connectivity index is 2.20. The van der Waals surface area contributed by atoms with E-state index in [0.717, 1.165) is 24.6 Å². The molecular weight excluding hydrogens is 212 g/mol. The number of ether oxygens (including phenoxy) is 1. The first-order chi connectivity index (χ1) is 7.91. The second kappa shape index (κ2) is 4.45. The topological polar surface area (TPSA) is 37.9 Å². The van der Waals surface area contributed by atoms with Crippen LogP contribution in [-0.4, -0.2) is 22.7 Å². The van der Waals surface area contributed by atoms with Crippen molar-refractivity contribution < 1.29 is 4.74 Å². The molecule has 1 aliphatic rings. The normalized spacial score (nSPS) is 24.8. The number of fused-ring (bicyclic) bond motifs is 1. The third kappa shape index (κ3) is 2.71. The number of hydrogen-bond donors (Lipinski definition) is 1. The molecule has 96 valence electrons. The Morgan fingerprint density at radius 1 is 1.41 bits per heavy atom. The number of imidazole rings is 1. The van der Waals surface area contributed by atoms with Crippen molar-refractivity contribution in [3.63, 3.8) is 0 Å². The monoisotopic (exact) mass is 236 g/mol. The highest BCUT2D eigenvalue weighted by atomic mass is 16.5. The predicted molar refractivity (Wildman–Crippen MR) is 69.3 cm³/mol. The average molecular weight is 236 g/mol. The van der Waals surface area contributed by atoms with Crippen LogP contribution < -0.4 is 0 Å². The van der Waals surface area contributed by atoms with Gasteiger partial charge in [-0.25, -0.2) is 4.98 Å². The largest absolute Gasteiger partial charge is 0.378 e. The lowest BCUT2D eigenvalue weighted by Crippen LogP contribution is -2.26. The van der Waals surface area contributed by atoms with Crippen molar-refractivity contribution in [2.75, 3.05) is 7.11 Å². The molecule has 0 bridgehead atoms. The number of aromatic amines is 1. The number of H-pyrrole nitrogens is 1. The quantitative estimate of drug-likeness (QED) is 0.876. The van der Waals surface area contributed by atoms with Crippen LogP contribution in [0.3, 0.4) is 0 Å². The first kappa shape index (κ1) is 12.6. The summed E-state index contributed by atoms with van der Waals surface area (Å²) in [6, 6.07) is 0. The van der Waals surface area contributed by atoms with E-state index in [1.165, 1.54) is 17.8 Å². The Morgan fingerprint density at radius 2 is 2.12 bits per heavy atom. The van der Waals surface area contributed by atoms with Crippen molar-refractivity contribution in [2.45, 2.75) is 58.5 Å². The highest BCUT2D eigenvalue weighted by Gasteiger charge is 2.27. The van der Waals surface area contributed by atoms with Crippen LogP contribution in [0.5, 0.6) is 0 Å². The minimum Gasteiger partial charge on any atom is -0.378 e. The SMILES string of the molecule is COC(C)(C)Cc1nc2c([nH]1)CC(C)CC2C. The fraction of sp³-hybridized carbons (Fsp3) is 0.786. The molecule has 0 aromatic carbocycles. The number of nitrogens with zero attached hydrogens (tertiary/aromatic N) is 1. The van der Waals surface area contributed by atoms with Crippen molar-refractivity contribution in [3.05, 3.63) is 17.2 Å². The van der Waals surface area contributed by atoms with Crippen LogP contribution in [0.1, 0.15) is 57.2 Å². The van der Waals surface area contributed by atoms with Gasteiger partial charge in [0, 0.05) is 25.1 Å². The Labute approximate surface area is 104 Å². The summed E-state index contributed by atoms with van der Waals surface area (Å²) >= 11 is 0. The Bertz CT molecular complexity index is 395. The Hall–Kier alpha value is -0.830. The van der Waals surface area contributed by atoms with Gasteiger partial charge in [-0.1, -0.05) is 13.8 Å². The molecule has 1 N–H and O–H groups in total. The molecule has 0 spiro atoms. The van der Waals surface area contributed by atoms with Gasteiger partial charge < -0.3 is 9.72 Å². The molecule has 1 heterocycles. The number of hydrogen-bond acceptors (Lipinski definition) is 2. The molecule has 17 heavy (non-hydrogen) atoms. The van der Waals surface area contributed by atoms with E-state index in [9.17, 15) is 0 Å². The molecule has 3 heteroatoms. The van der Waals surface area contributed by atoms with Gasteiger partial charge in [0.2, 0.25) is 0 Å². The van der Waals surface area contributed by atoms with Crippen LogP contribution in [-0.2, 0) is 17.6 Å². The van der Waals surface area contributed by atoms with Crippen molar-refractivity contribution in [1.82, 2.24) is 9.97 Å². The standard InChI is InChI=1S/C14H24N2O/c1-9-6-10(2)13-11(7-9)15-12(16-13)8-14(3,4)17-5/h9-10H,6-8H2,1-5H3,(H,15,16). The van der Waals surface area contributed by atoms with Crippen molar-refractivity contribution in [1.29, 1.82) is 0 Å².